The molecule has 6 heteroatoms. The van der Waals surface area contributed by atoms with Gasteiger partial charge in [0.25, 0.3) is 0 Å². The first-order valence-electron chi connectivity index (χ1n) is 8.38. The van der Waals surface area contributed by atoms with Gasteiger partial charge in [-0.1, -0.05) is 30.3 Å². The summed E-state index contributed by atoms with van der Waals surface area (Å²) < 4.78 is 28.0. The molecule has 0 aromatic heterocycles. The number of hydrogen-bond donors (Lipinski definition) is 2. The first-order chi connectivity index (χ1) is 11.9. The number of nitrogens with one attached hydrogen (secondary N) is 2. The van der Waals surface area contributed by atoms with Crippen molar-refractivity contribution in [2.45, 2.75) is 43.5 Å². The van der Waals surface area contributed by atoms with Crippen LogP contribution in [0.25, 0.3) is 0 Å². The van der Waals surface area contributed by atoms with Crippen LogP contribution >= 0.6 is 0 Å². The summed E-state index contributed by atoms with van der Waals surface area (Å²) in [5.74, 6) is -0.436. The van der Waals surface area contributed by atoms with Crippen LogP contribution in [-0.4, -0.2) is 20.4 Å². The first-order valence-corrected chi connectivity index (χ1v) is 9.86. The van der Waals surface area contributed by atoms with Gasteiger partial charge in [0.2, 0.25) is 15.9 Å². The smallest absolute Gasteiger partial charge is 0.240 e. The molecule has 2 aromatic carbocycles. The average molecular weight is 358 g/mol. The second kappa shape index (κ2) is 6.98. The Balaban J connectivity index is 1.69. The molecule has 3 rings (SSSR count). The van der Waals surface area contributed by atoms with Crippen LogP contribution < -0.4 is 10.0 Å². The number of carbonyl (C=O) groups excluding carboxylic acids is 1. The number of hydrogen-bond acceptors (Lipinski definition) is 3. The molecule has 2 N–H and O–H groups in total. The van der Waals surface area contributed by atoms with Gasteiger partial charge < -0.3 is 5.32 Å². The van der Waals surface area contributed by atoms with E-state index < -0.39 is 10.0 Å². The molecule has 0 saturated heterocycles. The lowest BCUT2D eigenvalue weighted by Gasteiger charge is -2.15. The highest BCUT2D eigenvalue weighted by atomic mass is 32.2. The van der Waals surface area contributed by atoms with Gasteiger partial charge in [0.1, 0.15) is 0 Å². The summed E-state index contributed by atoms with van der Waals surface area (Å²) in [5.41, 5.74) is 2.60. The van der Waals surface area contributed by atoms with Crippen molar-refractivity contribution in [3.05, 3.63) is 59.7 Å². The maximum absolute atomic E-state index is 12.6. The Labute approximate surface area is 148 Å². The van der Waals surface area contributed by atoms with Crippen LogP contribution in [0.1, 0.15) is 37.3 Å². The molecule has 0 aliphatic carbocycles. The zero-order valence-corrected chi connectivity index (χ0v) is 15.1. The van der Waals surface area contributed by atoms with E-state index in [1.54, 1.807) is 19.1 Å². The van der Waals surface area contributed by atoms with Gasteiger partial charge in [-0.25, -0.2) is 13.1 Å². The molecule has 5 nitrogen and oxygen atoms in total. The molecular formula is C19H22N2O3S. The van der Waals surface area contributed by atoms with Crippen molar-refractivity contribution < 1.29 is 13.2 Å². The van der Waals surface area contributed by atoms with Crippen LogP contribution in [0.2, 0.25) is 0 Å². The Morgan fingerprint density at radius 1 is 1.16 bits per heavy atom. The number of benzene rings is 2. The monoisotopic (exact) mass is 358 g/mol. The van der Waals surface area contributed by atoms with Crippen molar-refractivity contribution >= 4 is 21.6 Å². The third kappa shape index (κ3) is 3.91. The number of amides is 1. The fourth-order valence-corrected chi connectivity index (χ4v) is 4.29. The molecule has 2 aromatic rings. The number of rotatable bonds is 6. The maximum Gasteiger partial charge on any atom is 0.240 e. The standard InChI is InChI=1S/C19H22N2O3S/c1-13(8-9-15-6-4-3-5-7-15)21-25(23,24)16-10-11-18-17(12-16)14(2)19(22)20-18/h3-7,10-14,21H,8-9H2,1-2H3,(H,20,22)/t13-,14+/m1/s1. The molecule has 1 amide bonds. The van der Waals surface area contributed by atoms with E-state index in [1.807, 2.05) is 37.3 Å². The van der Waals surface area contributed by atoms with E-state index >= 15 is 0 Å². The van der Waals surface area contributed by atoms with E-state index in [2.05, 4.69) is 10.0 Å². The molecule has 0 bridgehead atoms. The number of sulfonamides is 1. The number of aryl methyl sites for hydroxylation is 1. The Hall–Kier alpha value is -2.18. The van der Waals surface area contributed by atoms with Crippen molar-refractivity contribution in [1.29, 1.82) is 0 Å². The maximum atomic E-state index is 12.6. The van der Waals surface area contributed by atoms with Crippen molar-refractivity contribution in [2.75, 3.05) is 5.32 Å². The summed E-state index contributed by atoms with van der Waals surface area (Å²) in [6.07, 6.45) is 1.52. The summed E-state index contributed by atoms with van der Waals surface area (Å²) in [4.78, 5) is 11.9. The molecule has 0 fully saturated rings. The van der Waals surface area contributed by atoms with Gasteiger partial charge in [0.15, 0.2) is 0 Å². The summed E-state index contributed by atoms with van der Waals surface area (Å²) in [6, 6.07) is 14.6. The summed E-state index contributed by atoms with van der Waals surface area (Å²) in [7, 11) is -3.62. The third-order valence-corrected chi connectivity index (χ3v) is 6.10. The molecule has 1 aliphatic heterocycles. The fraction of sp³-hybridized carbons (Fsp3) is 0.316. The highest BCUT2D eigenvalue weighted by Gasteiger charge is 2.28. The fourth-order valence-electron chi connectivity index (χ4n) is 2.98. The highest BCUT2D eigenvalue weighted by Crippen LogP contribution is 2.33. The molecule has 2 atom stereocenters. The van der Waals surface area contributed by atoms with Crippen molar-refractivity contribution in [3.63, 3.8) is 0 Å². The molecule has 0 saturated carbocycles. The van der Waals surface area contributed by atoms with E-state index in [9.17, 15) is 13.2 Å². The van der Waals surface area contributed by atoms with Crippen LogP contribution in [-0.2, 0) is 21.2 Å². The lowest BCUT2D eigenvalue weighted by Crippen LogP contribution is -2.33. The third-order valence-electron chi connectivity index (χ3n) is 4.52. The summed E-state index contributed by atoms with van der Waals surface area (Å²) in [5, 5.41) is 2.75. The average Bonchev–Trinajstić information content (AvgIpc) is 2.88. The van der Waals surface area contributed by atoms with E-state index in [4.69, 9.17) is 0 Å². The zero-order chi connectivity index (χ0) is 18.0. The van der Waals surface area contributed by atoms with E-state index in [1.165, 1.54) is 11.6 Å². The van der Waals surface area contributed by atoms with Crippen LogP contribution in [0.5, 0.6) is 0 Å². The topological polar surface area (TPSA) is 75.3 Å². The van der Waals surface area contributed by atoms with Crippen molar-refractivity contribution in [2.24, 2.45) is 0 Å². The minimum atomic E-state index is -3.62. The second-order valence-corrected chi connectivity index (χ2v) is 8.22. The minimum Gasteiger partial charge on any atom is -0.325 e. The number of anilines is 1. The van der Waals surface area contributed by atoms with Crippen LogP contribution in [0.4, 0.5) is 5.69 Å². The van der Waals surface area contributed by atoms with E-state index in [0.717, 1.165) is 12.0 Å². The number of carbonyl (C=O) groups is 1. The normalized spacial score (nSPS) is 17.8. The Kier molecular flexibility index (Phi) is 4.92. The van der Waals surface area contributed by atoms with Gasteiger partial charge in [-0.05, 0) is 56.0 Å². The highest BCUT2D eigenvalue weighted by molar-refractivity contribution is 7.89. The number of fused-ring (bicyclic) bond motifs is 1. The molecule has 0 unspecified atom stereocenters. The Morgan fingerprint density at radius 2 is 1.88 bits per heavy atom. The lowest BCUT2D eigenvalue weighted by molar-refractivity contribution is -0.116. The predicted molar refractivity (Wildman–Crippen MR) is 98.0 cm³/mol. The molecule has 25 heavy (non-hydrogen) atoms. The van der Waals surface area contributed by atoms with Gasteiger partial charge in [0, 0.05) is 11.7 Å². The molecule has 132 valence electrons. The van der Waals surface area contributed by atoms with Crippen molar-refractivity contribution in [1.82, 2.24) is 4.72 Å². The van der Waals surface area contributed by atoms with Crippen LogP contribution in [0, 0.1) is 0 Å². The zero-order valence-electron chi connectivity index (χ0n) is 14.3. The van der Waals surface area contributed by atoms with E-state index in [0.29, 0.717) is 12.1 Å². The lowest BCUT2D eigenvalue weighted by atomic mass is 10.0. The van der Waals surface area contributed by atoms with Gasteiger partial charge in [-0.15, -0.1) is 0 Å². The molecule has 0 radical (unpaired) electrons. The first kappa shape index (κ1) is 17.6. The van der Waals surface area contributed by atoms with Crippen LogP contribution in [0.3, 0.4) is 0 Å². The minimum absolute atomic E-state index is 0.103. The molecule has 1 aliphatic rings. The van der Waals surface area contributed by atoms with Gasteiger partial charge >= 0.3 is 0 Å². The molecule has 0 spiro atoms. The summed E-state index contributed by atoms with van der Waals surface area (Å²) in [6.45, 7) is 3.63. The molecular weight excluding hydrogens is 336 g/mol. The van der Waals surface area contributed by atoms with Crippen LogP contribution in [0.15, 0.2) is 53.4 Å². The van der Waals surface area contributed by atoms with Gasteiger partial charge in [-0.2, -0.15) is 0 Å². The predicted octanol–water partition coefficient (Wildman–Crippen LogP) is 3.04. The Morgan fingerprint density at radius 3 is 2.60 bits per heavy atom. The SMILES string of the molecule is C[C@H](CCc1ccccc1)NS(=O)(=O)c1ccc2c(c1)[C@H](C)C(=O)N2. The van der Waals surface area contributed by atoms with Gasteiger partial charge in [0.05, 0.1) is 10.8 Å². The Bertz CT molecular complexity index is 879. The largest absolute Gasteiger partial charge is 0.325 e. The quantitative estimate of drug-likeness (QED) is 0.833. The van der Waals surface area contributed by atoms with Gasteiger partial charge in [-0.3, -0.25) is 4.79 Å². The van der Waals surface area contributed by atoms with E-state index in [-0.39, 0.29) is 22.8 Å². The second-order valence-electron chi connectivity index (χ2n) is 6.51. The summed E-state index contributed by atoms with van der Waals surface area (Å²) >= 11 is 0. The molecule has 1 heterocycles. The van der Waals surface area contributed by atoms with Crippen molar-refractivity contribution in [3.8, 4) is 0 Å².